The maximum atomic E-state index is 13.5. The number of pyridine rings is 1. The molecular weight excluding hydrogens is 291 g/mol. The van der Waals surface area contributed by atoms with E-state index in [0.717, 1.165) is 6.07 Å². The number of hydrogen-bond donors (Lipinski definition) is 0. The van der Waals surface area contributed by atoms with Crippen molar-refractivity contribution in [2.24, 2.45) is 0 Å². The van der Waals surface area contributed by atoms with E-state index >= 15 is 0 Å². The Morgan fingerprint density at radius 1 is 1.35 bits per heavy atom. The van der Waals surface area contributed by atoms with Crippen LogP contribution in [0.25, 0.3) is 0 Å². The monoisotopic (exact) mass is 297 g/mol. The van der Waals surface area contributed by atoms with Crippen LogP contribution in [0.15, 0.2) is 24.7 Å². The molecule has 3 rings (SSSR count). The molecule has 1 aliphatic rings. The van der Waals surface area contributed by atoms with Gasteiger partial charge in [0.05, 0.1) is 17.3 Å². The molecule has 1 unspecified atom stereocenters. The third kappa shape index (κ3) is 2.49. The molecule has 1 atom stereocenters. The third-order valence-corrected chi connectivity index (χ3v) is 3.08. The lowest BCUT2D eigenvalue weighted by atomic mass is 10.2. The number of rotatable bonds is 1. The lowest BCUT2D eigenvalue weighted by Gasteiger charge is -1.96. The van der Waals surface area contributed by atoms with Gasteiger partial charge < -0.3 is 0 Å². The summed E-state index contributed by atoms with van der Waals surface area (Å²) >= 11 is 5.52. The summed E-state index contributed by atoms with van der Waals surface area (Å²) in [4.78, 5) is 3.72. The minimum atomic E-state index is -2.69. The normalized spacial score (nSPS) is 19.3. The SMILES string of the molecule is Fc1cc(Cl)ncc1C#Cc1cnn(C2CC2(F)F)c1. The van der Waals surface area contributed by atoms with Gasteiger partial charge in [-0.2, -0.15) is 5.10 Å². The molecule has 0 aliphatic heterocycles. The number of halogens is 4. The Balaban J connectivity index is 1.81. The van der Waals surface area contributed by atoms with Gasteiger partial charge in [0, 0.05) is 24.9 Å². The molecule has 0 bridgehead atoms. The molecule has 2 aromatic rings. The molecule has 0 aromatic carbocycles. The molecular formula is C13H7ClF3N3. The van der Waals surface area contributed by atoms with Crippen molar-refractivity contribution in [1.82, 2.24) is 14.8 Å². The highest BCUT2D eigenvalue weighted by molar-refractivity contribution is 6.29. The van der Waals surface area contributed by atoms with Crippen molar-refractivity contribution in [1.29, 1.82) is 0 Å². The van der Waals surface area contributed by atoms with Crippen LogP contribution in [0, 0.1) is 17.7 Å². The van der Waals surface area contributed by atoms with E-state index in [9.17, 15) is 13.2 Å². The van der Waals surface area contributed by atoms with Gasteiger partial charge in [0.2, 0.25) is 0 Å². The van der Waals surface area contributed by atoms with Crippen LogP contribution in [0.1, 0.15) is 23.6 Å². The van der Waals surface area contributed by atoms with Crippen LogP contribution in [0.5, 0.6) is 0 Å². The van der Waals surface area contributed by atoms with Gasteiger partial charge in [0.15, 0.2) is 0 Å². The van der Waals surface area contributed by atoms with Crippen molar-refractivity contribution in [2.45, 2.75) is 18.4 Å². The van der Waals surface area contributed by atoms with Crippen LogP contribution >= 0.6 is 11.6 Å². The Kier molecular flexibility index (Phi) is 2.94. The van der Waals surface area contributed by atoms with E-state index in [1.807, 2.05) is 0 Å². The second-order valence-electron chi connectivity index (χ2n) is 4.43. The summed E-state index contributed by atoms with van der Waals surface area (Å²) < 4.78 is 40.4. The fraction of sp³-hybridized carbons (Fsp3) is 0.231. The van der Waals surface area contributed by atoms with Crippen LogP contribution in [0.2, 0.25) is 5.15 Å². The Hall–Kier alpha value is -2.00. The fourth-order valence-electron chi connectivity index (χ4n) is 1.70. The maximum Gasteiger partial charge on any atom is 0.272 e. The van der Waals surface area contributed by atoms with E-state index < -0.39 is 17.8 Å². The zero-order chi connectivity index (χ0) is 14.3. The maximum absolute atomic E-state index is 13.5. The van der Waals surface area contributed by atoms with E-state index in [4.69, 9.17) is 11.6 Å². The Morgan fingerprint density at radius 3 is 2.75 bits per heavy atom. The third-order valence-electron chi connectivity index (χ3n) is 2.88. The van der Waals surface area contributed by atoms with Crippen molar-refractivity contribution in [3.05, 3.63) is 46.8 Å². The fourth-order valence-corrected chi connectivity index (χ4v) is 1.84. The summed E-state index contributed by atoms with van der Waals surface area (Å²) in [7, 11) is 0. The second-order valence-corrected chi connectivity index (χ2v) is 4.81. The zero-order valence-electron chi connectivity index (χ0n) is 9.95. The molecule has 1 aliphatic carbocycles. The first-order valence-corrected chi connectivity index (χ1v) is 6.08. The topological polar surface area (TPSA) is 30.7 Å². The van der Waals surface area contributed by atoms with E-state index in [1.165, 1.54) is 23.3 Å². The molecule has 1 saturated carbocycles. The molecule has 0 spiro atoms. The molecule has 20 heavy (non-hydrogen) atoms. The minimum Gasteiger partial charge on any atom is -0.262 e. The summed E-state index contributed by atoms with van der Waals surface area (Å²) in [6.45, 7) is 0. The summed E-state index contributed by atoms with van der Waals surface area (Å²) in [5.41, 5.74) is 0.515. The van der Waals surface area contributed by atoms with E-state index in [2.05, 4.69) is 21.9 Å². The minimum absolute atomic E-state index is 0.0387. The van der Waals surface area contributed by atoms with Crippen molar-refractivity contribution in [3.8, 4) is 11.8 Å². The quantitative estimate of drug-likeness (QED) is 0.598. The molecule has 0 saturated heterocycles. The van der Waals surface area contributed by atoms with Gasteiger partial charge in [0.1, 0.15) is 17.0 Å². The molecule has 0 amide bonds. The highest BCUT2D eigenvalue weighted by Crippen LogP contribution is 2.52. The van der Waals surface area contributed by atoms with Crippen molar-refractivity contribution in [3.63, 3.8) is 0 Å². The van der Waals surface area contributed by atoms with E-state index in [-0.39, 0.29) is 17.1 Å². The van der Waals surface area contributed by atoms with Crippen LogP contribution in [-0.4, -0.2) is 20.7 Å². The highest BCUT2D eigenvalue weighted by atomic mass is 35.5. The second kappa shape index (κ2) is 4.53. The Labute approximate surface area is 117 Å². The number of nitrogens with zero attached hydrogens (tertiary/aromatic N) is 3. The molecule has 1 fully saturated rings. The molecule has 0 radical (unpaired) electrons. The number of aromatic nitrogens is 3. The standard InChI is InChI=1S/C13H7ClF3N3/c14-12-3-10(15)9(6-18-12)2-1-8-5-19-20(7-8)11-4-13(11,16)17/h3,5-7,11H,4H2. The first-order valence-electron chi connectivity index (χ1n) is 5.71. The van der Waals surface area contributed by atoms with Crippen molar-refractivity contribution in [2.75, 3.05) is 0 Å². The predicted molar refractivity (Wildman–Crippen MR) is 66.0 cm³/mol. The molecule has 2 aromatic heterocycles. The smallest absolute Gasteiger partial charge is 0.262 e. The lowest BCUT2D eigenvalue weighted by molar-refractivity contribution is 0.0983. The van der Waals surface area contributed by atoms with Crippen LogP contribution in [0.4, 0.5) is 13.2 Å². The van der Waals surface area contributed by atoms with Crippen LogP contribution < -0.4 is 0 Å². The Morgan fingerprint density at radius 2 is 2.10 bits per heavy atom. The van der Waals surface area contributed by atoms with Gasteiger partial charge in [0.25, 0.3) is 5.92 Å². The average Bonchev–Trinajstić information content (AvgIpc) is 2.83. The first kappa shape index (κ1) is 13.0. The Bertz CT molecular complexity index is 730. The summed E-state index contributed by atoms with van der Waals surface area (Å²) in [6.07, 6.45) is 3.78. The van der Waals surface area contributed by atoms with Crippen molar-refractivity contribution < 1.29 is 13.2 Å². The zero-order valence-corrected chi connectivity index (χ0v) is 10.7. The highest BCUT2D eigenvalue weighted by Gasteiger charge is 2.59. The molecule has 0 N–H and O–H groups in total. The number of hydrogen-bond acceptors (Lipinski definition) is 2. The molecule has 3 nitrogen and oxygen atoms in total. The lowest BCUT2D eigenvalue weighted by Crippen LogP contribution is -2.02. The van der Waals surface area contributed by atoms with Gasteiger partial charge in [-0.05, 0) is 0 Å². The first-order chi connectivity index (χ1) is 9.45. The number of alkyl halides is 2. The van der Waals surface area contributed by atoms with Gasteiger partial charge in [-0.1, -0.05) is 23.4 Å². The largest absolute Gasteiger partial charge is 0.272 e. The van der Waals surface area contributed by atoms with Gasteiger partial charge in [-0.3, -0.25) is 4.68 Å². The average molecular weight is 298 g/mol. The van der Waals surface area contributed by atoms with Gasteiger partial charge in [-0.25, -0.2) is 18.2 Å². The summed E-state index contributed by atoms with van der Waals surface area (Å²) in [5, 5.41) is 3.87. The van der Waals surface area contributed by atoms with E-state index in [0.29, 0.717) is 5.56 Å². The predicted octanol–water partition coefficient (Wildman–Crippen LogP) is 3.05. The van der Waals surface area contributed by atoms with E-state index in [1.54, 1.807) is 0 Å². The van der Waals surface area contributed by atoms with Crippen LogP contribution in [0.3, 0.4) is 0 Å². The van der Waals surface area contributed by atoms with Gasteiger partial charge >= 0.3 is 0 Å². The molecule has 102 valence electrons. The molecule has 2 heterocycles. The van der Waals surface area contributed by atoms with Crippen molar-refractivity contribution >= 4 is 11.6 Å². The van der Waals surface area contributed by atoms with Crippen LogP contribution in [-0.2, 0) is 0 Å². The molecule has 7 heteroatoms. The summed E-state index contributed by atoms with van der Waals surface area (Å²) in [6, 6.07) is 0.159. The van der Waals surface area contributed by atoms with Gasteiger partial charge in [-0.15, -0.1) is 0 Å². The summed E-state index contributed by atoms with van der Waals surface area (Å²) in [5.74, 6) is 1.94.